The number of fused-ring (bicyclic) bond motifs is 1. The van der Waals surface area contributed by atoms with Crippen molar-refractivity contribution in [2.75, 3.05) is 6.54 Å². The van der Waals surface area contributed by atoms with Crippen LogP contribution in [0.3, 0.4) is 0 Å². The number of aromatic amines is 1. The van der Waals surface area contributed by atoms with Gasteiger partial charge in [0.15, 0.2) is 5.60 Å². The number of hydrogen-bond donors (Lipinski definition) is 4. The fourth-order valence-electron chi connectivity index (χ4n) is 1.85. The fourth-order valence-corrected chi connectivity index (χ4v) is 1.85. The number of hydrogen-bond acceptors (Lipinski definition) is 4. The van der Waals surface area contributed by atoms with Gasteiger partial charge in [-0.3, -0.25) is 4.79 Å². The van der Waals surface area contributed by atoms with Crippen LogP contribution in [0, 0.1) is 0 Å². The minimum Gasteiger partial charge on any atom is -0.479 e. The van der Waals surface area contributed by atoms with Gasteiger partial charge in [0.25, 0.3) is 5.91 Å². The van der Waals surface area contributed by atoms with Gasteiger partial charge in [-0.1, -0.05) is 0 Å². The molecule has 0 aliphatic carbocycles. The average Bonchev–Trinajstić information content (AvgIpc) is 2.86. The number of aromatic nitrogens is 1. The van der Waals surface area contributed by atoms with E-state index in [0.29, 0.717) is 5.39 Å². The van der Waals surface area contributed by atoms with E-state index in [1.165, 1.54) is 12.1 Å². The predicted octanol–water partition coefficient (Wildman–Crippen LogP) is 1.63. The van der Waals surface area contributed by atoms with E-state index >= 15 is 0 Å². The molecule has 10 heteroatoms. The molecule has 0 aliphatic rings. The molecule has 2 aromatic rings. The first-order chi connectivity index (χ1) is 11.0. The highest BCUT2D eigenvalue weighted by atomic mass is 19.4. The number of carbonyl (C=O) groups excluding carboxylic acids is 1. The van der Waals surface area contributed by atoms with Crippen LogP contribution in [-0.4, -0.2) is 45.6 Å². The number of aliphatic carboxylic acids is 1. The topological polar surface area (TPSA) is 112 Å². The number of H-pyrrole nitrogens is 1. The lowest BCUT2D eigenvalue weighted by molar-refractivity contribution is -0.274. The Hall–Kier alpha value is -2.75. The molecule has 0 aliphatic heterocycles. The highest BCUT2D eigenvalue weighted by Crippen LogP contribution is 2.26. The van der Waals surface area contributed by atoms with Crippen molar-refractivity contribution in [1.29, 1.82) is 0 Å². The van der Waals surface area contributed by atoms with Crippen LogP contribution in [0.4, 0.5) is 13.2 Å². The van der Waals surface area contributed by atoms with Crippen LogP contribution in [0.15, 0.2) is 24.3 Å². The monoisotopic (exact) mass is 346 g/mol. The number of alkyl halides is 3. The van der Waals surface area contributed by atoms with Crippen molar-refractivity contribution < 1.29 is 37.7 Å². The van der Waals surface area contributed by atoms with Crippen LogP contribution in [-0.2, 0) is 4.79 Å². The van der Waals surface area contributed by atoms with Gasteiger partial charge in [0.05, 0.1) is 6.54 Å². The lowest BCUT2D eigenvalue weighted by Crippen LogP contribution is -2.46. The zero-order chi connectivity index (χ0) is 18.1. The molecule has 1 aromatic heterocycles. The zero-order valence-corrected chi connectivity index (χ0v) is 12.3. The highest BCUT2D eigenvalue weighted by molar-refractivity contribution is 5.98. The molecule has 2 rings (SSSR count). The van der Waals surface area contributed by atoms with Gasteiger partial charge in [0, 0.05) is 17.0 Å². The second-order valence-electron chi connectivity index (χ2n) is 5.24. The molecule has 4 N–H and O–H groups in total. The average molecular weight is 346 g/mol. The molecular formula is C14H13F3N2O5. The molecule has 1 amide bonds. The van der Waals surface area contributed by atoms with Crippen molar-refractivity contribution in [3.8, 4) is 5.75 Å². The number of rotatable bonds is 5. The Balaban J connectivity index is 2.15. The summed E-state index contributed by atoms with van der Waals surface area (Å²) in [6, 6.07) is 4.88. The molecule has 0 radical (unpaired) electrons. The van der Waals surface area contributed by atoms with Gasteiger partial charge >= 0.3 is 12.3 Å². The van der Waals surface area contributed by atoms with E-state index in [2.05, 4.69) is 15.0 Å². The summed E-state index contributed by atoms with van der Waals surface area (Å²) in [6.45, 7) is 0.473. The summed E-state index contributed by atoms with van der Waals surface area (Å²) in [4.78, 5) is 25.3. The summed E-state index contributed by atoms with van der Waals surface area (Å²) in [5.41, 5.74) is -1.92. The molecule has 0 saturated heterocycles. The van der Waals surface area contributed by atoms with Crippen molar-refractivity contribution in [2.24, 2.45) is 0 Å². The number of nitrogens with one attached hydrogen (secondary N) is 2. The Morgan fingerprint density at radius 2 is 1.96 bits per heavy atom. The quantitative estimate of drug-likeness (QED) is 0.657. The fraction of sp³-hybridized carbons (Fsp3) is 0.286. The lowest BCUT2D eigenvalue weighted by atomic mass is 10.1. The summed E-state index contributed by atoms with van der Waals surface area (Å²) in [5.74, 6) is -2.67. The molecule has 7 nitrogen and oxygen atoms in total. The van der Waals surface area contributed by atoms with E-state index in [1.54, 1.807) is 0 Å². The van der Waals surface area contributed by atoms with Crippen LogP contribution in [0.5, 0.6) is 5.75 Å². The van der Waals surface area contributed by atoms with E-state index in [-0.39, 0.29) is 11.2 Å². The first kappa shape index (κ1) is 17.6. The van der Waals surface area contributed by atoms with Crippen LogP contribution >= 0.6 is 0 Å². The molecule has 0 spiro atoms. The number of aliphatic hydroxyl groups is 1. The summed E-state index contributed by atoms with van der Waals surface area (Å²) >= 11 is 0. The number of ether oxygens (including phenoxy) is 1. The number of carboxylic acids is 1. The summed E-state index contributed by atoms with van der Waals surface area (Å²) in [6.07, 6.45) is -4.83. The predicted molar refractivity (Wildman–Crippen MR) is 75.6 cm³/mol. The Morgan fingerprint density at radius 1 is 1.29 bits per heavy atom. The van der Waals surface area contributed by atoms with E-state index < -0.39 is 36.1 Å². The van der Waals surface area contributed by atoms with Crippen LogP contribution in [0.1, 0.15) is 17.4 Å². The smallest absolute Gasteiger partial charge is 0.479 e. The minimum atomic E-state index is -4.83. The molecule has 0 saturated carbocycles. The Labute approximate surface area is 133 Å². The molecule has 24 heavy (non-hydrogen) atoms. The van der Waals surface area contributed by atoms with Gasteiger partial charge < -0.3 is 25.3 Å². The normalized spacial score (nSPS) is 14.2. The SMILES string of the molecule is CC(O)(CNC(=O)c1cc2ccc(OC(F)(F)F)cc2[nH]1)C(=O)O. The van der Waals surface area contributed by atoms with E-state index in [0.717, 1.165) is 19.1 Å². The maximum atomic E-state index is 12.2. The molecule has 0 bridgehead atoms. The van der Waals surface area contributed by atoms with Gasteiger partial charge in [-0.25, -0.2) is 4.79 Å². The molecule has 1 atom stereocenters. The van der Waals surface area contributed by atoms with E-state index in [9.17, 15) is 27.9 Å². The standard InChI is InChI=1S/C14H13F3N2O5/c1-13(23,12(21)22)6-18-11(20)10-4-7-2-3-8(5-9(7)19-10)24-14(15,16)17/h2-5,19,23H,6H2,1H3,(H,18,20)(H,21,22). The van der Waals surface area contributed by atoms with Crippen molar-refractivity contribution in [3.05, 3.63) is 30.0 Å². The maximum absolute atomic E-state index is 12.2. The summed E-state index contributed by atoms with van der Waals surface area (Å²) in [7, 11) is 0. The van der Waals surface area contributed by atoms with Gasteiger partial charge in [-0.15, -0.1) is 13.2 Å². The van der Waals surface area contributed by atoms with Gasteiger partial charge in [0.2, 0.25) is 0 Å². The third kappa shape index (κ3) is 4.16. The number of benzene rings is 1. The third-order valence-corrected chi connectivity index (χ3v) is 3.13. The molecule has 1 aromatic carbocycles. The third-order valence-electron chi connectivity index (χ3n) is 3.13. The molecule has 130 valence electrons. The Bertz CT molecular complexity index is 782. The molecular weight excluding hydrogens is 333 g/mol. The van der Waals surface area contributed by atoms with Crippen molar-refractivity contribution in [1.82, 2.24) is 10.3 Å². The molecule has 1 heterocycles. The highest BCUT2D eigenvalue weighted by Gasteiger charge is 2.32. The van der Waals surface area contributed by atoms with Crippen molar-refractivity contribution in [3.63, 3.8) is 0 Å². The first-order valence-corrected chi connectivity index (χ1v) is 6.60. The van der Waals surface area contributed by atoms with E-state index in [4.69, 9.17) is 5.11 Å². The van der Waals surface area contributed by atoms with Gasteiger partial charge in [-0.2, -0.15) is 0 Å². The van der Waals surface area contributed by atoms with Crippen molar-refractivity contribution >= 4 is 22.8 Å². The van der Waals surface area contributed by atoms with Crippen LogP contribution in [0.25, 0.3) is 10.9 Å². The van der Waals surface area contributed by atoms with Crippen LogP contribution < -0.4 is 10.1 Å². The number of carboxylic acid groups (broad SMARTS) is 1. The minimum absolute atomic E-state index is 0.00431. The second-order valence-corrected chi connectivity index (χ2v) is 5.24. The molecule has 1 unspecified atom stereocenters. The van der Waals surface area contributed by atoms with Gasteiger partial charge in [0.1, 0.15) is 11.4 Å². The lowest BCUT2D eigenvalue weighted by Gasteiger charge is -2.17. The number of halogens is 3. The summed E-state index contributed by atoms with van der Waals surface area (Å²) in [5, 5.41) is 21.0. The Kier molecular flexibility index (Phi) is 4.43. The van der Waals surface area contributed by atoms with E-state index in [1.807, 2.05) is 0 Å². The number of amides is 1. The largest absolute Gasteiger partial charge is 0.573 e. The van der Waals surface area contributed by atoms with Gasteiger partial charge in [-0.05, 0) is 25.1 Å². The molecule has 0 fully saturated rings. The first-order valence-electron chi connectivity index (χ1n) is 6.60. The Morgan fingerprint density at radius 3 is 2.54 bits per heavy atom. The van der Waals surface area contributed by atoms with Crippen LogP contribution in [0.2, 0.25) is 0 Å². The van der Waals surface area contributed by atoms with Crippen molar-refractivity contribution in [2.45, 2.75) is 18.9 Å². The zero-order valence-electron chi connectivity index (χ0n) is 12.3. The maximum Gasteiger partial charge on any atom is 0.573 e. The second kappa shape index (κ2) is 6.04. The number of carbonyl (C=O) groups is 2. The summed E-state index contributed by atoms with van der Waals surface area (Å²) < 4.78 is 40.3.